The van der Waals surface area contributed by atoms with Gasteiger partial charge < -0.3 is 19.8 Å². The molecule has 1 aliphatic rings. The van der Waals surface area contributed by atoms with Gasteiger partial charge in [-0.25, -0.2) is 4.79 Å². The number of nitrogens with one attached hydrogen (secondary N) is 2. The van der Waals surface area contributed by atoms with Crippen LogP contribution in [0.25, 0.3) is 10.9 Å². The lowest BCUT2D eigenvalue weighted by Crippen LogP contribution is -2.48. The smallest absolute Gasteiger partial charge is 0.338 e. The van der Waals surface area contributed by atoms with E-state index in [9.17, 15) is 14.4 Å². The van der Waals surface area contributed by atoms with E-state index in [1.807, 2.05) is 30.5 Å². The van der Waals surface area contributed by atoms with Gasteiger partial charge >= 0.3 is 11.9 Å². The Hall–Kier alpha value is -3.61. The number of ether oxygens (including phenoxy) is 2. The first-order valence-corrected chi connectivity index (χ1v) is 11.4. The van der Waals surface area contributed by atoms with Gasteiger partial charge in [0.1, 0.15) is 0 Å². The number of hydrogen-bond donors (Lipinski definition) is 2. The summed E-state index contributed by atoms with van der Waals surface area (Å²) < 4.78 is 10.9. The molecule has 2 N–H and O–H groups in total. The molecule has 1 aromatic heterocycles. The maximum atomic E-state index is 13.3. The molecule has 0 radical (unpaired) electrons. The van der Waals surface area contributed by atoms with E-state index in [-0.39, 0.29) is 12.3 Å². The van der Waals surface area contributed by atoms with Crippen LogP contribution in [0.1, 0.15) is 54.9 Å². The Morgan fingerprint density at radius 2 is 1.73 bits per heavy atom. The van der Waals surface area contributed by atoms with Crippen molar-refractivity contribution in [1.29, 1.82) is 0 Å². The molecule has 0 spiro atoms. The topological polar surface area (TPSA) is 97.5 Å². The Morgan fingerprint density at radius 3 is 2.45 bits per heavy atom. The highest BCUT2D eigenvalue weighted by atomic mass is 16.6. The summed E-state index contributed by atoms with van der Waals surface area (Å²) in [6.07, 6.45) is 5.51. The number of carbonyl (C=O) groups excluding carboxylic acids is 3. The summed E-state index contributed by atoms with van der Waals surface area (Å²) in [5.41, 5.74) is 1.55. The third kappa shape index (κ3) is 5.08. The Kier molecular flexibility index (Phi) is 6.77. The molecule has 7 nitrogen and oxygen atoms in total. The predicted molar refractivity (Wildman–Crippen MR) is 125 cm³/mol. The van der Waals surface area contributed by atoms with E-state index in [0.717, 1.165) is 35.7 Å². The molecule has 1 saturated carbocycles. The fourth-order valence-electron chi connectivity index (χ4n) is 4.33. The molecule has 1 fully saturated rings. The monoisotopic (exact) mass is 448 g/mol. The predicted octanol–water partition coefficient (Wildman–Crippen LogP) is 4.77. The zero-order valence-electron chi connectivity index (χ0n) is 18.7. The number of para-hydroxylation sites is 1. The van der Waals surface area contributed by atoms with E-state index >= 15 is 0 Å². The van der Waals surface area contributed by atoms with Gasteiger partial charge in [-0.3, -0.25) is 9.59 Å². The first kappa shape index (κ1) is 22.6. The highest BCUT2D eigenvalue weighted by Gasteiger charge is 2.43. The number of aromatic amines is 1. The number of anilines is 1. The van der Waals surface area contributed by atoms with Crippen LogP contribution in [0.4, 0.5) is 5.69 Å². The van der Waals surface area contributed by atoms with Crippen LogP contribution in [0.2, 0.25) is 0 Å². The minimum Gasteiger partial charge on any atom is -0.462 e. The fraction of sp³-hybridized carbons (Fsp3) is 0.346. The number of amides is 1. The summed E-state index contributed by atoms with van der Waals surface area (Å²) in [6, 6.07) is 14.3. The van der Waals surface area contributed by atoms with Crippen molar-refractivity contribution < 1.29 is 23.9 Å². The molecule has 4 rings (SSSR count). The van der Waals surface area contributed by atoms with E-state index in [1.165, 1.54) is 0 Å². The Morgan fingerprint density at radius 1 is 1.00 bits per heavy atom. The molecule has 3 aromatic rings. The van der Waals surface area contributed by atoms with Crippen molar-refractivity contribution in [2.75, 3.05) is 11.9 Å². The van der Waals surface area contributed by atoms with Crippen LogP contribution in [0.3, 0.4) is 0 Å². The second kappa shape index (κ2) is 9.90. The number of fused-ring (bicyclic) bond motifs is 1. The molecule has 0 aliphatic heterocycles. The van der Waals surface area contributed by atoms with Crippen molar-refractivity contribution in [2.45, 2.75) is 51.0 Å². The lowest BCUT2D eigenvalue weighted by molar-refractivity contribution is -0.169. The molecular formula is C26H28N2O5. The molecule has 0 saturated heterocycles. The van der Waals surface area contributed by atoms with Crippen LogP contribution >= 0.6 is 0 Å². The lowest BCUT2D eigenvalue weighted by Gasteiger charge is -2.35. The summed E-state index contributed by atoms with van der Waals surface area (Å²) >= 11 is 0. The summed E-state index contributed by atoms with van der Waals surface area (Å²) in [6.45, 7) is 2.04. The molecule has 1 aliphatic carbocycles. The van der Waals surface area contributed by atoms with Crippen LogP contribution in [0, 0.1) is 0 Å². The van der Waals surface area contributed by atoms with Crippen molar-refractivity contribution in [2.24, 2.45) is 0 Å². The van der Waals surface area contributed by atoms with Gasteiger partial charge in [-0.2, -0.15) is 0 Å². The molecule has 172 valence electrons. The summed E-state index contributed by atoms with van der Waals surface area (Å²) in [5.74, 6) is -1.17. The molecule has 33 heavy (non-hydrogen) atoms. The van der Waals surface area contributed by atoms with Crippen LogP contribution in [-0.4, -0.2) is 35.0 Å². The second-order valence-corrected chi connectivity index (χ2v) is 8.32. The molecule has 2 aromatic carbocycles. The largest absolute Gasteiger partial charge is 0.462 e. The van der Waals surface area contributed by atoms with Crippen LogP contribution in [0.5, 0.6) is 0 Å². The van der Waals surface area contributed by atoms with Gasteiger partial charge in [-0.1, -0.05) is 24.6 Å². The van der Waals surface area contributed by atoms with Gasteiger partial charge in [-0.15, -0.1) is 0 Å². The normalized spacial score (nSPS) is 15.1. The highest BCUT2D eigenvalue weighted by molar-refractivity contribution is 5.99. The Bertz CT molecular complexity index is 1140. The maximum Gasteiger partial charge on any atom is 0.338 e. The van der Waals surface area contributed by atoms with Crippen LogP contribution in [-0.2, 0) is 25.5 Å². The van der Waals surface area contributed by atoms with Gasteiger partial charge in [-0.05, 0) is 68.5 Å². The lowest BCUT2D eigenvalue weighted by atomic mass is 9.83. The first-order chi connectivity index (χ1) is 16.0. The molecule has 0 unspecified atom stereocenters. The van der Waals surface area contributed by atoms with Crippen LogP contribution in [0.15, 0.2) is 54.7 Å². The molecule has 0 atom stereocenters. The highest BCUT2D eigenvalue weighted by Crippen LogP contribution is 2.34. The number of carbonyl (C=O) groups is 3. The molecule has 1 amide bonds. The summed E-state index contributed by atoms with van der Waals surface area (Å²) in [4.78, 5) is 41.2. The average Bonchev–Trinajstić information content (AvgIpc) is 3.23. The molecular weight excluding hydrogens is 420 g/mol. The van der Waals surface area contributed by atoms with Gasteiger partial charge in [0.05, 0.1) is 18.6 Å². The number of rotatable bonds is 7. The quantitative estimate of drug-likeness (QED) is 0.508. The second-order valence-electron chi connectivity index (χ2n) is 8.32. The third-order valence-corrected chi connectivity index (χ3v) is 6.05. The SMILES string of the molecule is CCOC(=O)c1ccc(NC(=O)C2(OC(=O)Cc3c[nH]c4ccccc34)CCCCC2)cc1. The van der Waals surface area contributed by atoms with E-state index in [1.54, 1.807) is 31.2 Å². The number of H-pyrrole nitrogens is 1. The molecule has 1 heterocycles. The maximum absolute atomic E-state index is 13.3. The van der Waals surface area contributed by atoms with Crippen molar-refractivity contribution >= 4 is 34.4 Å². The third-order valence-electron chi connectivity index (χ3n) is 6.05. The van der Waals surface area contributed by atoms with Crippen molar-refractivity contribution in [3.05, 3.63) is 65.9 Å². The number of esters is 2. The summed E-state index contributed by atoms with van der Waals surface area (Å²) in [7, 11) is 0. The Balaban J connectivity index is 1.46. The minimum absolute atomic E-state index is 0.0906. The van der Waals surface area contributed by atoms with Gasteiger partial charge in [0.15, 0.2) is 5.60 Å². The number of hydrogen-bond acceptors (Lipinski definition) is 5. The van der Waals surface area contributed by atoms with Crippen LogP contribution < -0.4 is 5.32 Å². The molecule has 0 bridgehead atoms. The average molecular weight is 449 g/mol. The minimum atomic E-state index is -1.19. The van der Waals surface area contributed by atoms with Gasteiger partial charge in [0.25, 0.3) is 5.91 Å². The van der Waals surface area contributed by atoms with Crippen molar-refractivity contribution in [1.82, 2.24) is 4.98 Å². The van der Waals surface area contributed by atoms with E-state index < -0.39 is 17.5 Å². The standard InChI is InChI=1S/C26H28N2O5/c1-2-32-24(30)18-10-12-20(13-11-18)28-25(31)26(14-6-3-7-15-26)33-23(29)16-19-17-27-22-9-5-4-8-21(19)22/h4-5,8-13,17,27H,2-3,6-7,14-16H2,1H3,(H,28,31). The van der Waals surface area contributed by atoms with E-state index in [2.05, 4.69) is 10.3 Å². The van der Waals surface area contributed by atoms with E-state index in [4.69, 9.17) is 9.47 Å². The van der Waals surface area contributed by atoms with E-state index in [0.29, 0.717) is 30.7 Å². The van der Waals surface area contributed by atoms with Crippen molar-refractivity contribution in [3.8, 4) is 0 Å². The number of aromatic nitrogens is 1. The Labute approximate surface area is 192 Å². The zero-order chi connectivity index (χ0) is 23.3. The molecule has 7 heteroatoms. The number of benzene rings is 2. The summed E-state index contributed by atoms with van der Waals surface area (Å²) in [5, 5.41) is 3.84. The van der Waals surface area contributed by atoms with Gasteiger partial charge in [0, 0.05) is 22.8 Å². The first-order valence-electron chi connectivity index (χ1n) is 11.4. The van der Waals surface area contributed by atoms with Gasteiger partial charge in [0.2, 0.25) is 0 Å². The zero-order valence-corrected chi connectivity index (χ0v) is 18.7. The fourth-order valence-corrected chi connectivity index (χ4v) is 4.33. The van der Waals surface area contributed by atoms with Crippen molar-refractivity contribution in [3.63, 3.8) is 0 Å².